The highest BCUT2D eigenvalue weighted by atomic mass is 16.4. The number of carbonyl (C=O) groups excluding carboxylic acids is 3. The predicted molar refractivity (Wildman–Crippen MR) is 111 cm³/mol. The van der Waals surface area contributed by atoms with Gasteiger partial charge in [-0.3, -0.25) is 19.2 Å². The van der Waals surface area contributed by atoms with Crippen molar-refractivity contribution in [2.75, 3.05) is 0 Å². The zero-order valence-electron chi connectivity index (χ0n) is 17.6. The SMILES string of the molecule is CC(NC(=O)C(N)C(C)O)C(=O)NC(Cc1ccccc1)C(=O)NC(CC(=O)O)C(=O)O. The number of hydrogen-bond donors (Lipinski definition) is 7. The van der Waals surface area contributed by atoms with Gasteiger partial charge in [0.15, 0.2) is 0 Å². The van der Waals surface area contributed by atoms with E-state index in [0.717, 1.165) is 0 Å². The van der Waals surface area contributed by atoms with Gasteiger partial charge in [-0.1, -0.05) is 30.3 Å². The molecule has 0 saturated heterocycles. The third-order valence-corrected chi connectivity index (χ3v) is 4.48. The number of rotatable bonds is 12. The lowest BCUT2D eigenvalue weighted by Crippen LogP contribution is -2.57. The minimum atomic E-state index is -1.70. The van der Waals surface area contributed by atoms with E-state index in [1.807, 2.05) is 0 Å². The van der Waals surface area contributed by atoms with E-state index in [4.69, 9.17) is 15.9 Å². The normalized spacial score (nSPS) is 15.4. The predicted octanol–water partition coefficient (Wildman–Crippen LogP) is -2.03. The van der Waals surface area contributed by atoms with Crippen LogP contribution in [0.5, 0.6) is 0 Å². The smallest absolute Gasteiger partial charge is 0.326 e. The van der Waals surface area contributed by atoms with Crippen LogP contribution in [0.2, 0.25) is 0 Å². The monoisotopic (exact) mass is 452 g/mol. The topological polar surface area (TPSA) is 208 Å². The molecule has 0 aliphatic carbocycles. The van der Waals surface area contributed by atoms with E-state index >= 15 is 0 Å². The van der Waals surface area contributed by atoms with Gasteiger partial charge in [0.05, 0.1) is 12.5 Å². The number of aliphatic hydroxyl groups is 1. The van der Waals surface area contributed by atoms with Crippen molar-refractivity contribution in [1.29, 1.82) is 0 Å². The minimum absolute atomic E-state index is 0.0221. The molecular weight excluding hydrogens is 424 g/mol. The Hall–Kier alpha value is -3.51. The molecule has 0 aliphatic heterocycles. The van der Waals surface area contributed by atoms with Crippen LogP contribution >= 0.6 is 0 Å². The minimum Gasteiger partial charge on any atom is -0.481 e. The Morgan fingerprint density at radius 2 is 1.44 bits per heavy atom. The molecule has 12 heteroatoms. The summed E-state index contributed by atoms with van der Waals surface area (Å²) >= 11 is 0. The summed E-state index contributed by atoms with van der Waals surface area (Å²) < 4.78 is 0. The van der Waals surface area contributed by atoms with Gasteiger partial charge >= 0.3 is 11.9 Å². The summed E-state index contributed by atoms with van der Waals surface area (Å²) in [6.45, 7) is 2.65. The summed E-state index contributed by atoms with van der Waals surface area (Å²) in [6, 6.07) is 3.17. The average Bonchev–Trinajstić information content (AvgIpc) is 2.72. The van der Waals surface area contributed by atoms with Crippen LogP contribution in [-0.2, 0) is 30.4 Å². The van der Waals surface area contributed by atoms with E-state index in [1.165, 1.54) is 13.8 Å². The second-order valence-electron chi connectivity index (χ2n) is 7.24. The fraction of sp³-hybridized carbons (Fsp3) is 0.450. The molecule has 12 nitrogen and oxygen atoms in total. The number of carboxylic acids is 2. The van der Waals surface area contributed by atoms with Crippen molar-refractivity contribution in [3.8, 4) is 0 Å². The Kier molecular flexibility index (Phi) is 10.3. The number of nitrogens with two attached hydrogens (primary N) is 1. The highest BCUT2D eigenvalue weighted by molar-refractivity contribution is 5.94. The molecule has 176 valence electrons. The summed E-state index contributed by atoms with van der Waals surface area (Å²) in [4.78, 5) is 59.4. The van der Waals surface area contributed by atoms with Crippen LogP contribution in [0.25, 0.3) is 0 Å². The fourth-order valence-electron chi connectivity index (χ4n) is 2.60. The van der Waals surface area contributed by atoms with Crippen molar-refractivity contribution in [1.82, 2.24) is 16.0 Å². The molecule has 5 unspecified atom stereocenters. The zero-order valence-corrected chi connectivity index (χ0v) is 17.6. The van der Waals surface area contributed by atoms with Crippen LogP contribution in [0.15, 0.2) is 30.3 Å². The Morgan fingerprint density at radius 3 is 1.94 bits per heavy atom. The van der Waals surface area contributed by atoms with Crippen molar-refractivity contribution < 1.29 is 39.3 Å². The maximum Gasteiger partial charge on any atom is 0.326 e. The van der Waals surface area contributed by atoms with Crippen LogP contribution < -0.4 is 21.7 Å². The Labute approximate surface area is 184 Å². The molecule has 5 atom stereocenters. The van der Waals surface area contributed by atoms with Gasteiger partial charge < -0.3 is 37.0 Å². The van der Waals surface area contributed by atoms with Gasteiger partial charge in [-0.25, -0.2) is 4.79 Å². The number of aliphatic carboxylic acids is 2. The van der Waals surface area contributed by atoms with Crippen molar-refractivity contribution in [2.24, 2.45) is 5.73 Å². The Balaban J connectivity index is 2.96. The number of carboxylic acid groups (broad SMARTS) is 2. The van der Waals surface area contributed by atoms with Crippen LogP contribution in [0.3, 0.4) is 0 Å². The first-order valence-corrected chi connectivity index (χ1v) is 9.75. The summed E-state index contributed by atoms with van der Waals surface area (Å²) in [5, 5.41) is 34.3. The van der Waals surface area contributed by atoms with Crippen molar-refractivity contribution >= 4 is 29.7 Å². The first kappa shape index (κ1) is 26.5. The van der Waals surface area contributed by atoms with E-state index < -0.39 is 66.4 Å². The Bertz CT molecular complexity index is 830. The third-order valence-electron chi connectivity index (χ3n) is 4.48. The second-order valence-corrected chi connectivity index (χ2v) is 7.24. The van der Waals surface area contributed by atoms with Crippen LogP contribution in [0.1, 0.15) is 25.8 Å². The van der Waals surface area contributed by atoms with E-state index in [1.54, 1.807) is 30.3 Å². The lowest BCUT2D eigenvalue weighted by atomic mass is 10.0. The number of nitrogens with one attached hydrogen (secondary N) is 3. The van der Waals surface area contributed by atoms with Gasteiger partial charge in [0, 0.05) is 6.42 Å². The maximum absolute atomic E-state index is 12.7. The Morgan fingerprint density at radius 1 is 0.875 bits per heavy atom. The molecule has 0 aromatic heterocycles. The number of carbonyl (C=O) groups is 5. The van der Waals surface area contributed by atoms with Crippen molar-refractivity contribution in [3.63, 3.8) is 0 Å². The lowest BCUT2D eigenvalue weighted by molar-refractivity contribution is -0.147. The van der Waals surface area contributed by atoms with Crippen LogP contribution in [0, 0.1) is 0 Å². The lowest BCUT2D eigenvalue weighted by Gasteiger charge is -2.24. The van der Waals surface area contributed by atoms with E-state index in [9.17, 15) is 29.1 Å². The van der Waals surface area contributed by atoms with E-state index in [0.29, 0.717) is 5.56 Å². The zero-order chi connectivity index (χ0) is 24.4. The number of hydrogen-bond acceptors (Lipinski definition) is 7. The molecule has 1 aromatic rings. The highest BCUT2D eigenvalue weighted by Crippen LogP contribution is 2.05. The third kappa shape index (κ3) is 8.70. The van der Waals surface area contributed by atoms with Gasteiger partial charge in [0.1, 0.15) is 24.2 Å². The summed E-state index contributed by atoms with van der Waals surface area (Å²) in [7, 11) is 0. The van der Waals surface area contributed by atoms with Crippen molar-refractivity contribution in [3.05, 3.63) is 35.9 Å². The molecule has 0 saturated carbocycles. The van der Waals surface area contributed by atoms with Gasteiger partial charge in [0.25, 0.3) is 0 Å². The molecular formula is C20H28N4O8. The summed E-state index contributed by atoms with van der Waals surface area (Å²) in [5.41, 5.74) is 6.17. The molecule has 32 heavy (non-hydrogen) atoms. The molecule has 1 rings (SSSR count). The highest BCUT2D eigenvalue weighted by Gasteiger charge is 2.30. The molecule has 3 amide bonds. The molecule has 0 spiro atoms. The molecule has 8 N–H and O–H groups in total. The fourth-order valence-corrected chi connectivity index (χ4v) is 2.60. The number of aliphatic hydroxyl groups excluding tert-OH is 1. The van der Waals surface area contributed by atoms with Gasteiger partial charge in [-0.2, -0.15) is 0 Å². The molecule has 0 fully saturated rings. The molecule has 0 aliphatic rings. The van der Waals surface area contributed by atoms with E-state index in [-0.39, 0.29) is 6.42 Å². The second kappa shape index (κ2) is 12.4. The average molecular weight is 452 g/mol. The molecule has 1 aromatic carbocycles. The molecule has 0 bridgehead atoms. The number of amides is 3. The quantitative estimate of drug-likeness (QED) is 0.186. The summed E-state index contributed by atoms with van der Waals surface area (Å²) in [5.74, 6) is -5.42. The van der Waals surface area contributed by atoms with Gasteiger partial charge in [-0.15, -0.1) is 0 Å². The van der Waals surface area contributed by atoms with Crippen molar-refractivity contribution in [2.45, 2.75) is 57.0 Å². The standard InChI is InChI=1S/C20H28N4O8/c1-10(22-19(30)16(21)11(2)25)17(28)23-13(8-12-6-4-3-5-7-12)18(29)24-14(20(31)32)9-15(26)27/h3-7,10-11,13-14,16,25H,8-9,21H2,1-2H3,(H,22,30)(H,23,28)(H,24,29)(H,26,27)(H,31,32). The van der Waals surface area contributed by atoms with E-state index in [2.05, 4.69) is 16.0 Å². The first-order chi connectivity index (χ1) is 14.9. The molecule has 0 heterocycles. The maximum atomic E-state index is 12.7. The van der Waals surface area contributed by atoms with Crippen LogP contribution in [0.4, 0.5) is 0 Å². The van der Waals surface area contributed by atoms with Gasteiger partial charge in [-0.05, 0) is 19.4 Å². The molecule has 0 radical (unpaired) electrons. The van der Waals surface area contributed by atoms with Crippen LogP contribution in [-0.4, -0.2) is 75.3 Å². The van der Waals surface area contributed by atoms with Gasteiger partial charge in [0.2, 0.25) is 17.7 Å². The first-order valence-electron chi connectivity index (χ1n) is 9.75. The summed E-state index contributed by atoms with van der Waals surface area (Å²) in [6.07, 6.45) is -2.02. The largest absolute Gasteiger partial charge is 0.481 e. The number of benzene rings is 1.